The Hall–Kier alpha value is -2.29. The summed E-state index contributed by atoms with van der Waals surface area (Å²) in [5.74, 6) is -0.885. The van der Waals surface area contributed by atoms with Crippen LogP contribution in [0.25, 0.3) is 0 Å². The zero-order chi connectivity index (χ0) is 19.7. The van der Waals surface area contributed by atoms with Gasteiger partial charge >= 0.3 is 0 Å². The number of anilines is 1. The molecule has 1 unspecified atom stereocenters. The van der Waals surface area contributed by atoms with Crippen molar-refractivity contribution in [1.29, 1.82) is 0 Å². The first-order valence-electron chi connectivity index (χ1n) is 7.99. The molecule has 0 amide bonds. The van der Waals surface area contributed by atoms with E-state index in [1.165, 1.54) is 24.3 Å². The van der Waals surface area contributed by atoms with Crippen LogP contribution >= 0.6 is 0 Å². The normalized spacial score (nSPS) is 14.6. The van der Waals surface area contributed by atoms with Gasteiger partial charge in [0.05, 0.1) is 6.10 Å². The van der Waals surface area contributed by atoms with Gasteiger partial charge in [-0.25, -0.2) is 0 Å². The number of hydrogen-bond acceptors (Lipinski definition) is 6. The smallest absolute Gasteiger partial charge is 0.267 e. The van der Waals surface area contributed by atoms with Crippen molar-refractivity contribution in [3.63, 3.8) is 0 Å². The van der Waals surface area contributed by atoms with Crippen LogP contribution in [-0.4, -0.2) is 54.6 Å². The van der Waals surface area contributed by atoms with Gasteiger partial charge in [0, 0.05) is 18.8 Å². The molecule has 0 radical (unpaired) electrons. The van der Waals surface area contributed by atoms with Crippen molar-refractivity contribution in [1.82, 2.24) is 0 Å². The van der Waals surface area contributed by atoms with Crippen LogP contribution in [0.2, 0.25) is 0 Å². The highest BCUT2D eigenvalue weighted by atomic mass is 32.2. The molecule has 1 aliphatic carbocycles. The summed E-state index contributed by atoms with van der Waals surface area (Å²) in [6, 6.07) is 7.73. The van der Waals surface area contributed by atoms with Gasteiger partial charge in [-0.05, 0) is 55.8 Å². The number of nitrogens with zero attached hydrogens (tertiary/aromatic N) is 1. The monoisotopic (exact) mass is 381 g/mol. The van der Waals surface area contributed by atoms with Gasteiger partial charge in [0.25, 0.3) is 10.1 Å². The van der Waals surface area contributed by atoms with Crippen molar-refractivity contribution < 1.29 is 27.7 Å². The number of aryl methyl sites for hydroxylation is 1. The quantitative estimate of drug-likeness (QED) is 0.564. The maximum atomic E-state index is 10.7. The van der Waals surface area contributed by atoms with Gasteiger partial charge in [-0.15, -0.1) is 0 Å². The second kappa shape index (κ2) is 10.0. The summed E-state index contributed by atoms with van der Waals surface area (Å²) in [5, 5.41) is 9.64. The first kappa shape index (κ1) is 21.8. The molecule has 1 aliphatic rings. The number of carbonyl (C=O) groups is 2. The Balaban J connectivity index is 0.000000350. The van der Waals surface area contributed by atoms with E-state index in [4.69, 9.17) is 4.55 Å². The zero-order valence-corrected chi connectivity index (χ0v) is 15.5. The average molecular weight is 381 g/mol. The summed E-state index contributed by atoms with van der Waals surface area (Å²) in [6.07, 6.45) is 3.90. The van der Waals surface area contributed by atoms with Crippen molar-refractivity contribution in [2.45, 2.75) is 20.0 Å². The number of rotatable bonds is 6. The molecule has 1 atom stereocenters. The van der Waals surface area contributed by atoms with E-state index in [1.807, 2.05) is 43.0 Å². The second-order valence-electron chi connectivity index (χ2n) is 5.75. The standard InChI is InChI=1S/C12H19NO4S.C6H4O2/c1-3-13(8-12(14)9-18(15,16)17)11-6-4-5-10(2)7-11;7-5-1-2-6(8)4-3-5/h4-7,12,14H,3,8-9H2,1-2H3,(H,15,16,17);1-4H. The van der Waals surface area contributed by atoms with E-state index in [-0.39, 0.29) is 18.1 Å². The van der Waals surface area contributed by atoms with E-state index < -0.39 is 22.0 Å². The number of aliphatic hydroxyl groups excluding tert-OH is 1. The molecule has 0 fully saturated rings. The van der Waals surface area contributed by atoms with Crippen LogP contribution in [0.1, 0.15) is 12.5 Å². The van der Waals surface area contributed by atoms with Gasteiger partial charge in [0.2, 0.25) is 0 Å². The summed E-state index contributed by atoms with van der Waals surface area (Å²) in [5.41, 5.74) is 2.02. The van der Waals surface area contributed by atoms with Crippen LogP contribution in [0, 0.1) is 6.92 Å². The van der Waals surface area contributed by atoms with E-state index in [0.29, 0.717) is 6.54 Å². The predicted octanol–water partition coefficient (Wildman–Crippen LogP) is 1.32. The highest BCUT2D eigenvalue weighted by Crippen LogP contribution is 2.16. The van der Waals surface area contributed by atoms with Crippen LogP contribution in [0.4, 0.5) is 5.69 Å². The molecule has 0 saturated heterocycles. The minimum Gasteiger partial charge on any atom is -0.390 e. The van der Waals surface area contributed by atoms with Crippen LogP contribution < -0.4 is 4.90 Å². The van der Waals surface area contributed by atoms with Gasteiger partial charge < -0.3 is 10.0 Å². The SMILES string of the molecule is CCN(CC(O)CS(=O)(=O)O)c1cccc(C)c1.O=C1C=CC(=O)C=C1. The molecule has 1 aromatic carbocycles. The molecule has 0 bridgehead atoms. The van der Waals surface area contributed by atoms with Gasteiger partial charge in [0.1, 0.15) is 5.75 Å². The summed E-state index contributed by atoms with van der Waals surface area (Å²) in [4.78, 5) is 22.4. The average Bonchev–Trinajstić information content (AvgIpc) is 2.54. The van der Waals surface area contributed by atoms with Crippen LogP contribution in [0.5, 0.6) is 0 Å². The highest BCUT2D eigenvalue weighted by Gasteiger charge is 2.17. The molecule has 0 spiro atoms. The molecule has 0 saturated carbocycles. The third kappa shape index (κ3) is 8.70. The van der Waals surface area contributed by atoms with E-state index in [2.05, 4.69) is 0 Å². The Labute approximate surface area is 153 Å². The fraction of sp³-hybridized carbons (Fsp3) is 0.333. The number of carbonyl (C=O) groups excluding carboxylic acids is 2. The van der Waals surface area contributed by atoms with Crippen LogP contribution in [0.3, 0.4) is 0 Å². The van der Waals surface area contributed by atoms with Crippen molar-refractivity contribution in [3.05, 3.63) is 54.1 Å². The molecule has 0 heterocycles. The third-order valence-electron chi connectivity index (χ3n) is 3.41. The Morgan fingerprint density at radius 3 is 2.04 bits per heavy atom. The molecule has 142 valence electrons. The topological polar surface area (TPSA) is 112 Å². The Morgan fingerprint density at radius 2 is 1.62 bits per heavy atom. The van der Waals surface area contributed by atoms with E-state index in [1.54, 1.807) is 0 Å². The molecule has 0 aliphatic heterocycles. The van der Waals surface area contributed by atoms with Gasteiger partial charge in [-0.1, -0.05) is 12.1 Å². The Bertz CT molecular complexity index is 760. The molecular formula is C18H23NO6S. The minimum absolute atomic E-state index is 0.121. The lowest BCUT2D eigenvalue weighted by atomic mass is 10.2. The van der Waals surface area contributed by atoms with E-state index >= 15 is 0 Å². The largest absolute Gasteiger partial charge is 0.390 e. The molecule has 8 heteroatoms. The lowest BCUT2D eigenvalue weighted by Gasteiger charge is -2.25. The maximum Gasteiger partial charge on any atom is 0.267 e. The minimum atomic E-state index is -4.14. The summed E-state index contributed by atoms with van der Waals surface area (Å²) < 4.78 is 30.0. The predicted molar refractivity (Wildman–Crippen MR) is 99.8 cm³/mol. The first-order chi connectivity index (χ1) is 12.1. The summed E-state index contributed by atoms with van der Waals surface area (Å²) in [7, 11) is -4.14. The van der Waals surface area contributed by atoms with Crippen LogP contribution in [0.15, 0.2) is 48.6 Å². The van der Waals surface area contributed by atoms with Crippen molar-refractivity contribution in [3.8, 4) is 0 Å². The molecular weight excluding hydrogens is 358 g/mol. The Morgan fingerprint density at radius 1 is 1.08 bits per heavy atom. The maximum absolute atomic E-state index is 10.7. The molecule has 26 heavy (non-hydrogen) atoms. The molecule has 2 N–H and O–H groups in total. The zero-order valence-electron chi connectivity index (χ0n) is 14.7. The number of likely N-dealkylation sites (N-methyl/N-ethyl adjacent to an activating group) is 1. The summed E-state index contributed by atoms with van der Waals surface area (Å²) in [6.45, 7) is 4.69. The number of aliphatic hydroxyl groups is 1. The number of allylic oxidation sites excluding steroid dienone is 4. The summed E-state index contributed by atoms with van der Waals surface area (Å²) >= 11 is 0. The van der Waals surface area contributed by atoms with Crippen molar-refractivity contribution in [2.75, 3.05) is 23.7 Å². The van der Waals surface area contributed by atoms with Crippen molar-refractivity contribution >= 4 is 27.4 Å². The first-order valence-corrected chi connectivity index (χ1v) is 9.60. The third-order valence-corrected chi connectivity index (χ3v) is 4.21. The number of ketones is 2. The lowest BCUT2D eigenvalue weighted by Crippen LogP contribution is -2.36. The second-order valence-corrected chi connectivity index (χ2v) is 7.25. The number of hydrogen-bond donors (Lipinski definition) is 2. The fourth-order valence-electron chi connectivity index (χ4n) is 2.23. The number of benzene rings is 1. The fourth-order valence-corrected chi connectivity index (χ4v) is 2.82. The van der Waals surface area contributed by atoms with Gasteiger partial charge in [-0.3, -0.25) is 14.1 Å². The van der Waals surface area contributed by atoms with Gasteiger partial charge in [0.15, 0.2) is 11.6 Å². The van der Waals surface area contributed by atoms with E-state index in [9.17, 15) is 23.1 Å². The Kier molecular flexibility index (Phi) is 8.37. The van der Waals surface area contributed by atoms with Gasteiger partial charge in [-0.2, -0.15) is 8.42 Å². The molecule has 7 nitrogen and oxygen atoms in total. The molecule has 1 aromatic rings. The molecule has 0 aromatic heterocycles. The van der Waals surface area contributed by atoms with E-state index in [0.717, 1.165) is 11.3 Å². The van der Waals surface area contributed by atoms with Crippen molar-refractivity contribution in [2.24, 2.45) is 0 Å². The molecule has 2 rings (SSSR count). The van der Waals surface area contributed by atoms with Crippen LogP contribution in [-0.2, 0) is 19.7 Å². The lowest BCUT2D eigenvalue weighted by molar-refractivity contribution is -0.113. The highest BCUT2D eigenvalue weighted by molar-refractivity contribution is 7.85.